The fourth-order valence-corrected chi connectivity index (χ4v) is 2.73. The summed E-state index contributed by atoms with van der Waals surface area (Å²) in [5.74, 6) is 0. The second-order valence-electron chi connectivity index (χ2n) is 5.56. The normalized spacial score (nSPS) is 12.7. The van der Waals surface area contributed by atoms with E-state index in [0.29, 0.717) is 6.04 Å². The maximum Gasteiger partial charge on any atom is 0.0841 e. The molecule has 0 saturated heterocycles. The van der Waals surface area contributed by atoms with Gasteiger partial charge in [-0.2, -0.15) is 5.10 Å². The molecule has 1 atom stereocenters. The molecule has 0 aliphatic carbocycles. The summed E-state index contributed by atoms with van der Waals surface area (Å²) in [5.41, 5.74) is 3.67. The number of benzene rings is 2. The molecular weight excluding hydrogens is 258 g/mol. The van der Waals surface area contributed by atoms with Gasteiger partial charge in [0.15, 0.2) is 0 Å². The third kappa shape index (κ3) is 3.14. The molecule has 2 aromatic carbocycles. The van der Waals surface area contributed by atoms with Gasteiger partial charge in [-0.15, -0.1) is 0 Å². The van der Waals surface area contributed by atoms with Crippen molar-refractivity contribution in [2.45, 2.75) is 25.9 Å². The van der Waals surface area contributed by atoms with Crippen LogP contribution in [0.4, 0.5) is 0 Å². The summed E-state index contributed by atoms with van der Waals surface area (Å²) >= 11 is 0. The van der Waals surface area contributed by atoms with Crippen molar-refractivity contribution in [2.75, 3.05) is 0 Å². The van der Waals surface area contributed by atoms with Crippen molar-refractivity contribution >= 4 is 10.9 Å². The zero-order valence-electron chi connectivity index (χ0n) is 12.6. The number of para-hydroxylation sites is 1. The van der Waals surface area contributed by atoms with Gasteiger partial charge in [-0.1, -0.05) is 48.5 Å². The quantitative estimate of drug-likeness (QED) is 0.776. The van der Waals surface area contributed by atoms with Crippen LogP contribution in [0.3, 0.4) is 0 Å². The molecule has 108 valence electrons. The van der Waals surface area contributed by atoms with E-state index in [2.05, 4.69) is 71.9 Å². The minimum atomic E-state index is 0.424. The first kappa shape index (κ1) is 13.8. The van der Waals surface area contributed by atoms with Gasteiger partial charge in [-0.25, -0.2) is 0 Å². The molecule has 0 aliphatic rings. The van der Waals surface area contributed by atoms with E-state index in [1.54, 1.807) is 0 Å². The molecular formula is C18H21N3. The number of aryl methyl sites for hydroxylation is 1. The molecule has 0 spiro atoms. The highest BCUT2D eigenvalue weighted by Crippen LogP contribution is 2.17. The van der Waals surface area contributed by atoms with Crippen LogP contribution in [-0.4, -0.2) is 15.8 Å². The number of aromatic nitrogens is 2. The Morgan fingerprint density at radius 3 is 2.57 bits per heavy atom. The largest absolute Gasteiger partial charge is 0.308 e. The van der Waals surface area contributed by atoms with Crippen molar-refractivity contribution in [1.29, 1.82) is 0 Å². The van der Waals surface area contributed by atoms with Crippen LogP contribution in [-0.2, 0) is 20.0 Å². The van der Waals surface area contributed by atoms with Crippen molar-refractivity contribution in [3.63, 3.8) is 0 Å². The molecule has 0 saturated carbocycles. The molecule has 21 heavy (non-hydrogen) atoms. The molecule has 3 nitrogen and oxygen atoms in total. The van der Waals surface area contributed by atoms with Crippen molar-refractivity contribution in [2.24, 2.45) is 7.05 Å². The monoisotopic (exact) mass is 279 g/mol. The number of fused-ring (bicyclic) bond motifs is 1. The van der Waals surface area contributed by atoms with Gasteiger partial charge in [0, 0.05) is 25.0 Å². The zero-order chi connectivity index (χ0) is 14.7. The topological polar surface area (TPSA) is 29.9 Å². The Morgan fingerprint density at radius 2 is 1.76 bits per heavy atom. The Hall–Kier alpha value is -2.13. The van der Waals surface area contributed by atoms with E-state index >= 15 is 0 Å². The van der Waals surface area contributed by atoms with Gasteiger partial charge in [-0.05, 0) is 25.0 Å². The van der Waals surface area contributed by atoms with E-state index in [4.69, 9.17) is 0 Å². The maximum absolute atomic E-state index is 4.62. The van der Waals surface area contributed by atoms with E-state index < -0.39 is 0 Å². The lowest BCUT2D eigenvalue weighted by Gasteiger charge is -2.13. The number of hydrogen-bond acceptors (Lipinski definition) is 2. The first-order valence-corrected chi connectivity index (χ1v) is 7.42. The molecule has 0 radical (unpaired) electrons. The van der Waals surface area contributed by atoms with Crippen molar-refractivity contribution < 1.29 is 0 Å². The summed E-state index contributed by atoms with van der Waals surface area (Å²) in [4.78, 5) is 0. The highest BCUT2D eigenvalue weighted by Gasteiger charge is 2.09. The second kappa shape index (κ2) is 6.10. The predicted molar refractivity (Wildman–Crippen MR) is 87.2 cm³/mol. The van der Waals surface area contributed by atoms with E-state index in [9.17, 15) is 0 Å². The lowest BCUT2D eigenvalue weighted by atomic mass is 10.1. The molecule has 3 rings (SSSR count). The summed E-state index contributed by atoms with van der Waals surface area (Å²) in [7, 11) is 2.00. The third-order valence-electron chi connectivity index (χ3n) is 3.84. The van der Waals surface area contributed by atoms with Crippen LogP contribution in [0.5, 0.6) is 0 Å². The van der Waals surface area contributed by atoms with Crippen molar-refractivity contribution in [3.8, 4) is 0 Å². The number of rotatable bonds is 5. The summed E-state index contributed by atoms with van der Waals surface area (Å²) < 4.78 is 1.95. The molecule has 0 amide bonds. The fourth-order valence-electron chi connectivity index (χ4n) is 2.73. The van der Waals surface area contributed by atoms with Crippen molar-refractivity contribution in [3.05, 3.63) is 65.9 Å². The number of nitrogens with one attached hydrogen (secondary N) is 1. The van der Waals surface area contributed by atoms with Crippen LogP contribution in [0.15, 0.2) is 54.6 Å². The van der Waals surface area contributed by atoms with Crippen LogP contribution in [0, 0.1) is 0 Å². The molecule has 1 N–H and O–H groups in total. The molecule has 1 unspecified atom stereocenters. The Labute approximate surface area is 125 Å². The highest BCUT2D eigenvalue weighted by atomic mass is 15.3. The molecule has 1 heterocycles. The molecule has 0 aliphatic heterocycles. The standard InChI is InChI=1S/C18H21N3/c1-14(12-15-8-4-3-5-9-15)19-13-17-16-10-6-7-11-18(16)21(2)20-17/h3-11,14,19H,12-13H2,1-2H3. The summed E-state index contributed by atoms with van der Waals surface area (Å²) in [6.07, 6.45) is 1.03. The average Bonchev–Trinajstić information content (AvgIpc) is 2.83. The van der Waals surface area contributed by atoms with Gasteiger partial charge >= 0.3 is 0 Å². The van der Waals surface area contributed by atoms with E-state index in [1.807, 2.05) is 11.7 Å². The van der Waals surface area contributed by atoms with Gasteiger partial charge in [0.25, 0.3) is 0 Å². The van der Waals surface area contributed by atoms with Crippen LogP contribution < -0.4 is 5.32 Å². The summed E-state index contributed by atoms with van der Waals surface area (Å²) in [5, 5.41) is 9.44. The Bertz CT molecular complexity index is 716. The lowest BCUT2D eigenvalue weighted by Crippen LogP contribution is -2.27. The van der Waals surface area contributed by atoms with E-state index in [1.165, 1.54) is 16.5 Å². The molecule has 1 aromatic heterocycles. The first-order chi connectivity index (χ1) is 10.2. The number of nitrogens with zero attached hydrogens (tertiary/aromatic N) is 2. The van der Waals surface area contributed by atoms with Crippen LogP contribution >= 0.6 is 0 Å². The van der Waals surface area contributed by atoms with Crippen LogP contribution in [0.1, 0.15) is 18.2 Å². The first-order valence-electron chi connectivity index (χ1n) is 7.42. The minimum absolute atomic E-state index is 0.424. The third-order valence-corrected chi connectivity index (χ3v) is 3.84. The molecule has 0 fully saturated rings. The summed E-state index contributed by atoms with van der Waals surface area (Å²) in [6, 6.07) is 19.4. The maximum atomic E-state index is 4.62. The van der Waals surface area contributed by atoms with E-state index in [0.717, 1.165) is 18.7 Å². The van der Waals surface area contributed by atoms with Crippen molar-refractivity contribution in [1.82, 2.24) is 15.1 Å². The Kier molecular flexibility index (Phi) is 4.02. The predicted octanol–water partition coefficient (Wildman–Crippen LogP) is 3.29. The van der Waals surface area contributed by atoms with Gasteiger partial charge in [0.05, 0.1) is 11.2 Å². The Morgan fingerprint density at radius 1 is 1.05 bits per heavy atom. The second-order valence-corrected chi connectivity index (χ2v) is 5.56. The van der Waals surface area contributed by atoms with Gasteiger partial charge in [-0.3, -0.25) is 4.68 Å². The van der Waals surface area contributed by atoms with Gasteiger partial charge in [0.2, 0.25) is 0 Å². The minimum Gasteiger partial charge on any atom is -0.308 e. The molecule has 3 heteroatoms. The molecule has 3 aromatic rings. The number of hydrogen-bond donors (Lipinski definition) is 1. The van der Waals surface area contributed by atoms with Crippen LogP contribution in [0.2, 0.25) is 0 Å². The zero-order valence-corrected chi connectivity index (χ0v) is 12.6. The fraction of sp³-hybridized carbons (Fsp3) is 0.278. The molecule has 0 bridgehead atoms. The highest BCUT2D eigenvalue weighted by molar-refractivity contribution is 5.81. The smallest absolute Gasteiger partial charge is 0.0841 e. The lowest BCUT2D eigenvalue weighted by molar-refractivity contribution is 0.537. The van der Waals surface area contributed by atoms with Crippen LogP contribution in [0.25, 0.3) is 10.9 Å². The average molecular weight is 279 g/mol. The van der Waals surface area contributed by atoms with Gasteiger partial charge in [0.1, 0.15) is 0 Å². The van der Waals surface area contributed by atoms with E-state index in [-0.39, 0.29) is 0 Å². The summed E-state index contributed by atoms with van der Waals surface area (Å²) in [6.45, 7) is 3.02. The SMILES string of the molecule is CC(Cc1ccccc1)NCc1nn(C)c2ccccc12. The Balaban J connectivity index is 1.66. The van der Waals surface area contributed by atoms with Gasteiger partial charge < -0.3 is 5.32 Å².